The number of piperidine rings is 1. The van der Waals surface area contributed by atoms with Gasteiger partial charge in [-0.15, -0.1) is 0 Å². The maximum absolute atomic E-state index is 13.5. The van der Waals surface area contributed by atoms with E-state index in [0.29, 0.717) is 17.0 Å². The molecule has 0 bridgehead atoms. The van der Waals surface area contributed by atoms with Gasteiger partial charge in [0.05, 0.1) is 16.6 Å². The fourth-order valence-electron chi connectivity index (χ4n) is 3.52. The molecule has 1 aromatic carbocycles. The fourth-order valence-corrected chi connectivity index (χ4v) is 3.77. The first-order chi connectivity index (χ1) is 12.9. The number of halogens is 2. The maximum Gasteiger partial charge on any atom is 0.338 e. The van der Waals surface area contributed by atoms with Crippen LogP contribution in [0.4, 0.5) is 4.39 Å². The molecule has 0 N–H and O–H groups in total. The molecule has 0 saturated carbocycles. The van der Waals surface area contributed by atoms with Crippen LogP contribution in [0.5, 0.6) is 0 Å². The number of carbonyl (C=O) groups is 1. The van der Waals surface area contributed by atoms with Crippen molar-refractivity contribution >= 4 is 27.9 Å². The summed E-state index contributed by atoms with van der Waals surface area (Å²) in [6.07, 6.45) is 4.89. The highest BCUT2D eigenvalue weighted by atomic mass is 79.9. The van der Waals surface area contributed by atoms with Crippen molar-refractivity contribution in [1.82, 2.24) is 9.80 Å². The van der Waals surface area contributed by atoms with Gasteiger partial charge in [-0.3, -0.25) is 0 Å². The van der Waals surface area contributed by atoms with Crippen LogP contribution in [0.15, 0.2) is 39.4 Å². The number of esters is 1. The molecule has 2 aliphatic rings. The highest BCUT2D eigenvalue weighted by Gasteiger charge is 2.25. The van der Waals surface area contributed by atoms with Gasteiger partial charge in [-0.05, 0) is 71.8 Å². The molecule has 2 heterocycles. The second-order valence-corrected chi connectivity index (χ2v) is 8.10. The van der Waals surface area contributed by atoms with Crippen LogP contribution >= 0.6 is 15.9 Å². The molecule has 7 heteroatoms. The van der Waals surface area contributed by atoms with Gasteiger partial charge >= 0.3 is 5.97 Å². The summed E-state index contributed by atoms with van der Waals surface area (Å²) in [6, 6.07) is 4.28. The molecule has 0 spiro atoms. The first kappa shape index (κ1) is 19.9. The Balaban J connectivity index is 1.42. The summed E-state index contributed by atoms with van der Waals surface area (Å²) in [5.74, 6) is 0.641. The molecular weight excluding hydrogens is 413 g/mol. The summed E-state index contributed by atoms with van der Waals surface area (Å²) in [5, 5.41) is 0. The maximum atomic E-state index is 13.5. The molecule has 0 unspecified atom stereocenters. The Morgan fingerprint density at radius 2 is 2.11 bits per heavy atom. The molecular formula is C20H25BrFN3O2. The predicted molar refractivity (Wildman–Crippen MR) is 107 cm³/mol. The van der Waals surface area contributed by atoms with Gasteiger partial charge < -0.3 is 14.5 Å². The second-order valence-electron chi connectivity index (χ2n) is 7.24. The number of nitrogens with zero attached hydrogens (tertiary/aromatic N) is 3. The van der Waals surface area contributed by atoms with Gasteiger partial charge in [0.15, 0.2) is 0 Å². The summed E-state index contributed by atoms with van der Waals surface area (Å²) < 4.78 is 19.2. The van der Waals surface area contributed by atoms with Gasteiger partial charge in [0, 0.05) is 32.9 Å². The van der Waals surface area contributed by atoms with Crippen LogP contribution in [0.3, 0.4) is 0 Å². The molecule has 2 aliphatic heterocycles. The number of ether oxygens (including phenoxy) is 1. The topological polar surface area (TPSA) is 45.1 Å². The summed E-state index contributed by atoms with van der Waals surface area (Å²) >= 11 is 3.08. The molecule has 146 valence electrons. The van der Waals surface area contributed by atoms with Crippen LogP contribution < -0.4 is 0 Å². The third-order valence-corrected chi connectivity index (χ3v) is 5.68. The van der Waals surface area contributed by atoms with Crippen molar-refractivity contribution in [1.29, 1.82) is 0 Å². The van der Waals surface area contributed by atoms with Crippen LogP contribution in [0.25, 0.3) is 0 Å². The average Bonchev–Trinajstić information content (AvgIpc) is 2.65. The molecule has 0 atom stereocenters. The lowest BCUT2D eigenvalue weighted by molar-refractivity contribution is 0.0469. The number of benzene rings is 1. The number of guanidine groups is 1. The standard InChI is InChI=1S/C20H25BrFN3O2/c1-14-12-23-20(24(2)13-14)25-8-5-15(6-9-25)7-10-27-19(26)16-3-4-17(21)18(22)11-16/h3-4,11-12,15H,5-10,13H2,1-2H3. The molecule has 0 amide bonds. The minimum Gasteiger partial charge on any atom is -0.462 e. The smallest absolute Gasteiger partial charge is 0.338 e. The van der Waals surface area contributed by atoms with Crippen molar-refractivity contribution in [3.63, 3.8) is 0 Å². The van der Waals surface area contributed by atoms with E-state index in [0.717, 1.165) is 44.9 Å². The van der Waals surface area contributed by atoms with Crippen molar-refractivity contribution < 1.29 is 13.9 Å². The number of likely N-dealkylation sites (N-methyl/N-ethyl adjacent to an activating group) is 1. The van der Waals surface area contributed by atoms with E-state index >= 15 is 0 Å². The first-order valence-corrected chi connectivity index (χ1v) is 10.0. The van der Waals surface area contributed by atoms with Crippen molar-refractivity contribution in [2.45, 2.75) is 26.2 Å². The Morgan fingerprint density at radius 1 is 1.37 bits per heavy atom. The Labute approximate surface area is 168 Å². The summed E-state index contributed by atoms with van der Waals surface area (Å²) in [6.45, 7) is 5.31. The highest BCUT2D eigenvalue weighted by Crippen LogP contribution is 2.23. The minimum absolute atomic E-state index is 0.243. The average molecular weight is 438 g/mol. The third-order valence-electron chi connectivity index (χ3n) is 5.04. The highest BCUT2D eigenvalue weighted by molar-refractivity contribution is 9.10. The first-order valence-electron chi connectivity index (χ1n) is 9.25. The van der Waals surface area contributed by atoms with E-state index in [4.69, 9.17) is 4.74 Å². The zero-order valence-electron chi connectivity index (χ0n) is 15.8. The third kappa shape index (κ3) is 5.09. The quantitative estimate of drug-likeness (QED) is 0.666. The van der Waals surface area contributed by atoms with Crippen LogP contribution in [-0.2, 0) is 4.74 Å². The molecule has 0 radical (unpaired) electrons. The van der Waals surface area contributed by atoms with Gasteiger partial charge in [0.1, 0.15) is 5.82 Å². The zero-order valence-corrected chi connectivity index (χ0v) is 17.3. The molecule has 1 aromatic rings. The monoisotopic (exact) mass is 437 g/mol. The molecule has 0 aromatic heterocycles. The number of hydrogen-bond acceptors (Lipinski definition) is 5. The SMILES string of the molecule is CC1=CN=C(N2CCC(CCOC(=O)c3ccc(Br)c(F)c3)CC2)N(C)C1. The molecule has 1 fully saturated rings. The molecule has 5 nitrogen and oxygen atoms in total. The number of hydrogen-bond donors (Lipinski definition) is 0. The Morgan fingerprint density at radius 3 is 2.78 bits per heavy atom. The Hall–Kier alpha value is -1.89. The number of carbonyl (C=O) groups excluding carboxylic acids is 1. The normalized spacial score (nSPS) is 18.2. The lowest BCUT2D eigenvalue weighted by Crippen LogP contribution is -2.47. The van der Waals surface area contributed by atoms with Crippen LogP contribution in [0.1, 0.15) is 36.5 Å². The summed E-state index contributed by atoms with van der Waals surface area (Å²) in [4.78, 5) is 21.1. The van der Waals surface area contributed by atoms with E-state index in [2.05, 4.69) is 44.7 Å². The van der Waals surface area contributed by atoms with E-state index in [1.54, 1.807) is 6.07 Å². The van der Waals surface area contributed by atoms with Crippen LogP contribution in [0.2, 0.25) is 0 Å². The Bertz CT molecular complexity index is 758. The second kappa shape index (κ2) is 8.87. The number of rotatable bonds is 4. The van der Waals surface area contributed by atoms with E-state index in [-0.39, 0.29) is 5.56 Å². The van der Waals surface area contributed by atoms with E-state index in [1.165, 1.54) is 17.7 Å². The molecule has 0 aliphatic carbocycles. The summed E-state index contributed by atoms with van der Waals surface area (Å²) in [7, 11) is 2.08. The largest absolute Gasteiger partial charge is 0.462 e. The van der Waals surface area contributed by atoms with E-state index in [9.17, 15) is 9.18 Å². The van der Waals surface area contributed by atoms with Gasteiger partial charge in [-0.1, -0.05) is 0 Å². The van der Waals surface area contributed by atoms with Gasteiger partial charge in [0.25, 0.3) is 0 Å². The van der Waals surface area contributed by atoms with Crippen molar-refractivity contribution in [3.05, 3.63) is 45.8 Å². The van der Waals surface area contributed by atoms with Crippen LogP contribution in [-0.4, -0.2) is 55.0 Å². The zero-order chi connectivity index (χ0) is 19.4. The lowest BCUT2D eigenvalue weighted by Gasteiger charge is -2.38. The van der Waals surface area contributed by atoms with Gasteiger partial charge in [0.2, 0.25) is 5.96 Å². The van der Waals surface area contributed by atoms with Gasteiger partial charge in [-0.2, -0.15) is 0 Å². The lowest BCUT2D eigenvalue weighted by atomic mass is 9.94. The molecule has 1 saturated heterocycles. The number of likely N-dealkylation sites (tertiary alicyclic amines) is 1. The fraction of sp³-hybridized carbons (Fsp3) is 0.500. The predicted octanol–water partition coefficient (Wildman–Crippen LogP) is 4.05. The molecule has 3 rings (SSSR count). The van der Waals surface area contributed by atoms with Gasteiger partial charge in [-0.25, -0.2) is 14.2 Å². The van der Waals surface area contributed by atoms with Crippen molar-refractivity contribution in [2.24, 2.45) is 10.9 Å². The van der Waals surface area contributed by atoms with E-state index in [1.807, 2.05) is 6.20 Å². The van der Waals surface area contributed by atoms with Crippen molar-refractivity contribution in [2.75, 3.05) is 33.3 Å². The minimum atomic E-state index is -0.473. The Kier molecular flexibility index (Phi) is 6.52. The van der Waals surface area contributed by atoms with Crippen LogP contribution in [0, 0.1) is 11.7 Å². The number of aliphatic imine (C=N–C) groups is 1. The van der Waals surface area contributed by atoms with E-state index < -0.39 is 11.8 Å². The summed E-state index contributed by atoms with van der Waals surface area (Å²) in [5.41, 5.74) is 1.51. The van der Waals surface area contributed by atoms with Crippen molar-refractivity contribution in [3.8, 4) is 0 Å². The molecule has 27 heavy (non-hydrogen) atoms.